The fourth-order valence-electron chi connectivity index (χ4n) is 2.42. The number of aliphatic hydroxyl groups excluding tert-OH is 3. The predicted molar refractivity (Wildman–Crippen MR) is 134 cm³/mol. The van der Waals surface area contributed by atoms with Crippen molar-refractivity contribution >= 4 is 11.9 Å². The fraction of sp³-hybridized carbons (Fsp3) is 0.481. The molecule has 7 heteroatoms. The zero-order valence-corrected chi connectivity index (χ0v) is 20.3. The standard InChI is InChI=1S/C27H40O7/c1-3-4-11-16-24(29)18-13-9-10-14-19-25(30)17-12-7-5-6-8-15-20-27(32)34-22-26(31)21-33-23(2)28/h4,6-14,18-19,24-26,29-31H,3,5,15-17,20-22H2,1-2H3/b8-6-,10-9-,11-4-,12-7-,18-13+,19-14+/t24-,25+,26+/m1/s1. The molecule has 0 radical (unpaired) electrons. The molecule has 0 bridgehead atoms. The Morgan fingerprint density at radius 3 is 1.91 bits per heavy atom. The molecule has 3 atom stereocenters. The van der Waals surface area contributed by atoms with E-state index in [0.717, 1.165) is 6.42 Å². The second kappa shape index (κ2) is 22.1. The molecule has 0 heterocycles. The van der Waals surface area contributed by atoms with Gasteiger partial charge in [0.1, 0.15) is 19.3 Å². The second-order valence-electron chi connectivity index (χ2n) is 7.50. The lowest BCUT2D eigenvalue weighted by Gasteiger charge is -2.10. The lowest BCUT2D eigenvalue weighted by Crippen LogP contribution is -2.24. The van der Waals surface area contributed by atoms with Gasteiger partial charge < -0.3 is 24.8 Å². The highest BCUT2D eigenvalue weighted by Gasteiger charge is 2.09. The van der Waals surface area contributed by atoms with Gasteiger partial charge in [-0.3, -0.25) is 9.59 Å². The van der Waals surface area contributed by atoms with Gasteiger partial charge in [-0.25, -0.2) is 0 Å². The Morgan fingerprint density at radius 1 is 0.765 bits per heavy atom. The first-order chi connectivity index (χ1) is 16.3. The van der Waals surface area contributed by atoms with E-state index in [2.05, 4.69) is 4.74 Å². The van der Waals surface area contributed by atoms with E-state index in [1.54, 1.807) is 36.5 Å². The van der Waals surface area contributed by atoms with Gasteiger partial charge in [0, 0.05) is 13.3 Å². The molecule has 0 spiro atoms. The third-order valence-corrected chi connectivity index (χ3v) is 4.19. The molecule has 0 fully saturated rings. The van der Waals surface area contributed by atoms with Crippen molar-refractivity contribution < 1.29 is 34.4 Å². The smallest absolute Gasteiger partial charge is 0.306 e. The second-order valence-corrected chi connectivity index (χ2v) is 7.50. The van der Waals surface area contributed by atoms with Crippen molar-refractivity contribution in [1.29, 1.82) is 0 Å². The maximum Gasteiger partial charge on any atom is 0.306 e. The van der Waals surface area contributed by atoms with Gasteiger partial charge in [0.25, 0.3) is 0 Å². The summed E-state index contributed by atoms with van der Waals surface area (Å²) in [5, 5.41) is 29.1. The summed E-state index contributed by atoms with van der Waals surface area (Å²) in [6, 6.07) is 0. The lowest BCUT2D eigenvalue weighted by atomic mass is 10.2. The van der Waals surface area contributed by atoms with Crippen LogP contribution in [0.4, 0.5) is 0 Å². The molecule has 3 N–H and O–H groups in total. The molecule has 0 saturated carbocycles. The average Bonchev–Trinajstić information content (AvgIpc) is 2.80. The van der Waals surface area contributed by atoms with Crippen LogP contribution in [0.1, 0.15) is 52.4 Å². The van der Waals surface area contributed by atoms with Crippen LogP contribution < -0.4 is 0 Å². The Bertz CT molecular complexity index is 716. The molecule has 0 aliphatic heterocycles. The number of allylic oxidation sites excluding steroid dienone is 8. The van der Waals surface area contributed by atoms with Crippen molar-refractivity contribution in [2.75, 3.05) is 13.2 Å². The van der Waals surface area contributed by atoms with Crippen LogP contribution in [0.3, 0.4) is 0 Å². The van der Waals surface area contributed by atoms with Crippen molar-refractivity contribution in [3.8, 4) is 0 Å². The molecule has 0 aromatic heterocycles. The Hall–Kier alpha value is -2.74. The highest BCUT2D eigenvalue weighted by Crippen LogP contribution is 2.01. The van der Waals surface area contributed by atoms with E-state index in [4.69, 9.17) is 4.74 Å². The SMILES string of the molecule is CC/C=C\C[C@@H](O)/C=C/C=C\C=C\[C@@H](O)C/C=C\C/C=C\CCC(=O)OC[C@@H](O)COC(C)=O. The fourth-order valence-corrected chi connectivity index (χ4v) is 2.42. The van der Waals surface area contributed by atoms with E-state index in [-0.39, 0.29) is 19.6 Å². The largest absolute Gasteiger partial charge is 0.463 e. The Balaban J connectivity index is 3.88. The van der Waals surface area contributed by atoms with Crippen LogP contribution in [0.15, 0.2) is 72.9 Å². The van der Waals surface area contributed by atoms with Crippen molar-refractivity contribution in [2.45, 2.75) is 70.7 Å². The zero-order valence-electron chi connectivity index (χ0n) is 20.3. The summed E-state index contributed by atoms with van der Waals surface area (Å²) in [6.07, 6.45) is 23.5. The minimum atomic E-state index is -1.02. The number of carbonyl (C=O) groups is 2. The molecule has 0 rings (SSSR count). The van der Waals surface area contributed by atoms with Gasteiger partial charge in [-0.05, 0) is 32.1 Å². The maximum atomic E-state index is 11.6. The molecule has 0 aromatic carbocycles. The number of esters is 2. The summed E-state index contributed by atoms with van der Waals surface area (Å²) < 4.78 is 9.52. The highest BCUT2D eigenvalue weighted by atomic mass is 16.6. The van der Waals surface area contributed by atoms with E-state index < -0.39 is 30.3 Å². The third kappa shape index (κ3) is 22.5. The minimum Gasteiger partial charge on any atom is -0.463 e. The van der Waals surface area contributed by atoms with Gasteiger partial charge in [0.05, 0.1) is 12.2 Å². The van der Waals surface area contributed by atoms with Crippen LogP contribution in [0.25, 0.3) is 0 Å². The number of ether oxygens (including phenoxy) is 2. The number of hydrogen-bond acceptors (Lipinski definition) is 7. The molecule has 0 unspecified atom stereocenters. The van der Waals surface area contributed by atoms with Gasteiger partial charge in [0.2, 0.25) is 0 Å². The van der Waals surface area contributed by atoms with Crippen LogP contribution in [0.2, 0.25) is 0 Å². The molecule has 0 aromatic rings. The summed E-state index contributed by atoms with van der Waals surface area (Å²) >= 11 is 0. The Kier molecular flexibility index (Phi) is 20.3. The summed E-state index contributed by atoms with van der Waals surface area (Å²) in [4.78, 5) is 22.2. The van der Waals surface area contributed by atoms with Crippen LogP contribution in [0, 0.1) is 0 Å². The quantitative estimate of drug-likeness (QED) is 0.156. The minimum absolute atomic E-state index is 0.196. The monoisotopic (exact) mass is 476 g/mol. The first kappa shape index (κ1) is 31.3. The first-order valence-corrected chi connectivity index (χ1v) is 11.6. The number of hydrogen-bond donors (Lipinski definition) is 3. The molecule has 0 aliphatic carbocycles. The van der Waals surface area contributed by atoms with E-state index in [9.17, 15) is 24.9 Å². The lowest BCUT2D eigenvalue weighted by molar-refractivity contribution is -0.151. The van der Waals surface area contributed by atoms with Crippen LogP contribution in [0.5, 0.6) is 0 Å². The molecule has 0 amide bonds. The summed E-state index contributed by atoms with van der Waals surface area (Å²) in [5.74, 6) is -0.929. The molecule has 0 saturated heterocycles. The molecule has 34 heavy (non-hydrogen) atoms. The van der Waals surface area contributed by atoms with Crippen LogP contribution in [-0.4, -0.2) is 58.8 Å². The molecule has 0 aliphatic rings. The van der Waals surface area contributed by atoms with Gasteiger partial charge in [0.15, 0.2) is 0 Å². The Labute approximate surface area is 203 Å². The van der Waals surface area contributed by atoms with E-state index in [0.29, 0.717) is 25.7 Å². The molecule has 7 nitrogen and oxygen atoms in total. The number of aliphatic hydroxyl groups is 3. The molecular weight excluding hydrogens is 436 g/mol. The maximum absolute atomic E-state index is 11.6. The topological polar surface area (TPSA) is 113 Å². The summed E-state index contributed by atoms with van der Waals surface area (Å²) in [6.45, 7) is 2.88. The normalized spacial score (nSPS) is 15.3. The van der Waals surface area contributed by atoms with Crippen molar-refractivity contribution in [3.05, 3.63) is 72.9 Å². The number of carbonyl (C=O) groups excluding carboxylic acids is 2. The highest BCUT2D eigenvalue weighted by molar-refractivity contribution is 5.69. The predicted octanol–water partition coefficient (Wildman–Crippen LogP) is 3.87. The third-order valence-electron chi connectivity index (χ3n) is 4.19. The van der Waals surface area contributed by atoms with E-state index >= 15 is 0 Å². The van der Waals surface area contributed by atoms with Crippen LogP contribution in [-0.2, 0) is 19.1 Å². The average molecular weight is 477 g/mol. The first-order valence-electron chi connectivity index (χ1n) is 11.6. The molecular formula is C27H40O7. The van der Waals surface area contributed by atoms with Crippen molar-refractivity contribution in [2.24, 2.45) is 0 Å². The summed E-state index contributed by atoms with van der Waals surface area (Å²) in [5.41, 5.74) is 0. The van der Waals surface area contributed by atoms with Gasteiger partial charge in [-0.15, -0.1) is 0 Å². The Morgan fingerprint density at radius 2 is 1.32 bits per heavy atom. The van der Waals surface area contributed by atoms with E-state index in [1.807, 2.05) is 43.4 Å². The van der Waals surface area contributed by atoms with Crippen molar-refractivity contribution in [3.63, 3.8) is 0 Å². The molecule has 190 valence electrons. The zero-order chi connectivity index (χ0) is 25.4. The van der Waals surface area contributed by atoms with Crippen molar-refractivity contribution in [1.82, 2.24) is 0 Å². The number of rotatable bonds is 18. The van der Waals surface area contributed by atoms with Gasteiger partial charge >= 0.3 is 11.9 Å². The summed E-state index contributed by atoms with van der Waals surface area (Å²) in [7, 11) is 0. The van der Waals surface area contributed by atoms with Gasteiger partial charge in [-0.1, -0.05) is 79.8 Å². The van der Waals surface area contributed by atoms with Gasteiger partial charge in [-0.2, -0.15) is 0 Å². The van der Waals surface area contributed by atoms with E-state index in [1.165, 1.54) is 6.92 Å². The van der Waals surface area contributed by atoms with Crippen LogP contribution >= 0.6 is 0 Å².